The molecule has 0 spiro atoms. The molecule has 18 nitrogen and oxygen atoms in total. The number of ether oxygens (including phenoxy) is 2. The first-order valence-corrected chi connectivity index (χ1v) is 23.8. The first kappa shape index (κ1) is 53.0. The molecule has 4 aromatic heterocycles. The van der Waals surface area contributed by atoms with Crippen molar-refractivity contribution in [2.24, 2.45) is 11.8 Å². The van der Waals surface area contributed by atoms with Crippen LogP contribution in [0.25, 0.3) is 0 Å². The van der Waals surface area contributed by atoms with E-state index in [4.69, 9.17) is 41.5 Å². The number of anilines is 1. The Bertz CT molecular complexity index is 2210. The number of hydrogen-bond donors (Lipinski definition) is 3. The minimum absolute atomic E-state index is 0. The smallest absolute Gasteiger partial charge is 0.434 e. The van der Waals surface area contributed by atoms with E-state index in [2.05, 4.69) is 31.0 Å². The molecule has 360 valence electrons. The van der Waals surface area contributed by atoms with Gasteiger partial charge >= 0.3 is 24.0 Å². The van der Waals surface area contributed by atoms with Crippen LogP contribution in [0.3, 0.4) is 0 Å². The van der Waals surface area contributed by atoms with Gasteiger partial charge in [0.05, 0.1) is 18.4 Å². The Morgan fingerprint density at radius 2 is 1.18 bits per heavy atom. The molecule has 22 heteroatoms. The van der Waals surface area contributed by atoms with E-state index in [1.807, 2.05) is 60.3 Å². The summed E-state index contributed by atoms with van der Waals surface area (Å²) in [6.07, 6.45) is 3.63. The zero-order valence-electron chi connectivity index (χ0n) is 37.5. The molecule has 0 aliphatic carbocycles. The second kappa shape index (κ2) is 23.7. The van der Waals surface area contributed by atoms with Crippen molar-refractivity contribution in [3.63, 3.8) is 0 Å². The van der Waals surface area contributed by atoms with Crippen LogP contribution in [-0.4, -0.2) is 105 Å². The van der Waals surface area contributed by atoms with E-state index in [9.17, 15) is 24.0 Å². The zero-order chi connectivity index (χ0) is 46.8. The maximum absolute atomic E-state index is 12.9. The molecule has 2 saturated heterocycles. The highest BCUT2D eigenvalue weighted by Gasteiger charge is 2.33. The average molecular weight is 985 g/mol. The van der Waals surface area contributed by atoms with Gasteiger partial charge in [-0.2, -0.15) is 0 Å². The van der Waals surface area contributed by atoms with Crippen LogP contribution in [0.1, 0.15) is 145 Å². The van der Waals surface area contributed by atoms with Gasteiger partial charge in [-0.3, -0.25) is 9.59 Å². The lowest BCUT2D eigenvalue weighted by Crippen LogP contribution is -2.42. The van der Waals surface area contributed by atoms with Crippen LogP contribution in [0.5, 0.6) is 0 Å². The summed E-state index contributed by atoms with van der Waals surface area (Å²) < 4.78 is 23.1. The molecule has 6 heterocycles. The number of aromatic amines is 1. The van der Waals surface area contributed by atoms with Gasteiger partial charge in [0.15, 0.2) is 0 Å². The molecular weight excluding hydrogens is 922 g/mol. The number of halogens is 2. The number of rotatable bonds is 13. The molecule has 4 aromatic rings. The van der Waals surface area contributed by atoms with E-state index in [1.54, 1.807) is 34.1 Å². The number of carbonyl (C=O) groups excluding carboxylic acids is 4. The van der Waals surface area contributed by atoms with Gasteiger partial charge in [-0.15, -0.1) is 32.9 Å². The third kappa shape index (κ3) is 16.3. The third-order valence-electron chi connectivity index (χ3n) is 10.4. The predicted octanol–water partition coefficient (Wildman–Crippen LogP) is 9.36. The molecule has 2 unspecified atom stereocenters. The largest absolute Gasteiger partial charge is 0.444 e. The molecule has 2 atom stereocenters. The summed E-state index contributed by atoms with van der Waals surface area (Å²) in [4.78, 5) is 67.9. The van der Waals surface area contributed by atoms with E-state index in [0.29, 0.717) is 69.4 Å². The zero-order valence-corrected chi connectivity index (χ0v) is 40.7. The van der Waals surface area contributed by atoms with Crippen LogP contribution in [0.2, 0.25) is 8.67 Å². The Morgan fingerprint density at radius 1 is 0.754 bits per heavy atom. The summed E-state index contributed by atoms with van der Waals surface area (Å²) in [6.45, 7) is 19.0. The lowest BCUT2D eigenvalue weighted by molar-refractivity contribution is 0.0166. The Morgan fingerprint density at radius 3 is 1.54 bits per heavy atom. The number of piperidine rings is 2. The number of H-pyrrole nitrogens is 1. The average Bonchev–Trinajstić information content (AvgIpc) is 4.07. The highest BCUT2D eigenvalue weighted by Crippen LogP contribution is 2.32. The monoisotopic (exact) mass is 983 g/mol. The number of amides is 4. The fourth-order valence-corrected chi connectivity index (χ4v) is 9.07. The third-order valence-corrected chi connectivity index (χ3v) is 12.8. The highest BCUT2D eigenvalue weighted by atomic mass is 35.5. The quantitative estimate of drug-likeness (QED) is 0.114. The molecule has 2 aliphatic heterocycles. The van der Waals surface area contributed by atoms with Crippen molar-refractivity contribution in [3.8, 4) is 0 Å². The van der Waals surface area contributed by atoms with Crippen LogP contribution >= 0.6 is 45.9 Å². The van der Waals surface area contributed by atoms with Gasteiger partial charge in [-0.25, -0.2) is 19.5 Å². The van der Waals surface area contributed by atoms with Gasteiger partial charge in [0.2, 0.25) is 11.8 Å². The van der Waals surface area contributed by atoms with Gasteiger partial charge in [-0.1, -0.05) is 35.7 Å². The molecule has 0 aromatic carbocycles. The maximum atomic E-state index is 12.9. The normalized spacial score (nSPS) is 15.8. The second-order valence-electron chi connectivity index (χ2n) is 17.6. The van der Waals surface area contributed by atoms with Crippen LogP contribution in [0.15, 0.2) is 37.9 Å². The van der Waals surface area contributed by atoms with Crippen LogP contribution in [-0.2, 0) is 9.47 Å². The number of nitrogens with zero attached hydrogens (tertiary/aromatic N) is 6. The van der Waals surface area contributed by atoms with E-state index in [-0.39, 0.29) is 49.2 Å². The molecule has 4 amide bonds. The summed E-state index contributed by atoms with van der Waals surface area (Å²) in [5.41, 5.74) is -1.06. The molecule has 6 rings (SSSR count). The van der Waals surface area contributed by atoms with Crippen molar-refractivity contribution in [3.05, 3.63) is 65.0 Å². The van der Waals surface area contributed by atoms with Gasteiger partial charge < -0.3 is 43.6 Å². The molecule has 0 saturated carbocycles. The summed E-state index contributed by atoms with van der Waals surface area (Å²) in [5.74, 6) is -0.215. The van der Waals surface area contributed by atoms with Crippen LogP contribution < -0.4 is 21.3 Å². The Hall–Kier alpha value is -4.66. The van der Waals surface area contributed by atoms with Crippen molar-refractivity contribution >= 4 is 75.9 Å². The van der Waals surface area contributed by atoms with E-state index in [0.717, 1.165) is 38.8 Å². The number of aromatic nitrogens is 4. The van der Waals surface area contributed by atoms with Crippen LogP contribution in [0.4, 0.5) is 15.6 Å². The molecule has 2 aliphatic rings. The summed E-state index contributed by atoms with van der Waals surface area (Å²) in [6, 6.07) is 6.12. The Kier molecular flexibility index (Phi) is 19.3. The van der Waals surface area contributed by atoms with Crippen molar-refractivity contribution in [2.75, 3.05) is 44.2 Å². The maximum Gasteiger partial charge on any atom is 0.434 e. The van der Waals surface area contributed by atoms with Crippen molar-refractivity contribution in [1.29, 1.82) is 0 Å². The Labute approximate surface area is 398 Å². The number of carbonyl (C=O) groups is 4. The highest BCUT2D eigenvalue weighted by molar-refractivity contribution is 7.18. The van der Waals surface area contributed by atoms with E-state index >= 15 is 0 Å². The van der Waals surface area contributed by atoms with E-state index < -0.39 is 29.0 Å². The Balaban J connectivity index is 0.000000282. The number of likely N-dealkylation sites (tertiary alicyclic amines) is 2. The first-order valence-electron chi connectivity index (χ1n) is 21.4. The number of hydrogen-bond acceptors (Lipinski definition) is 15. The minimum atomic E-state index is -0.678. The predicted molar refractivity (Wildman–Crippen MR) is 251 cm³/mol. The molecule has 3 N–H and O–H groups in total. The van der Waals surface area contributed by atoms with Crippen molar-refractivity contribution in [1.82, 2.24) is 40.8 Å². The van der Waals surface area contributed by atoms with Crippen molar-refractivity contribution < 1.29 is 37.5 Å². The topological polar surface area (TPSA) is 218 Å². The SMILES string of the molecule is C.CC(C)(C)OC(=O)N1CCC(CC(NC(=O)c2ccc(Cl)s2)c2n[nH]c(=O)o2)CC1.CCN(CC)c1nnc(C(CC2CCN(C(=O)OC(C)(C)C)CC2)NC(=O)c2ccc(Cl)s2)o1. The number of nitrogens with one attached hydrogen (secondary N) is 3. The lowest BCUT2D eigenvalue weighted by Gasteiger charge is -2.34. The molecular formula is C43H63Cl2N9O9S2. The van der Waals surface area contributed by atoms with Gasteiger partial charge in [-0.05, 0) is 130 Å². The fraction of sp³-hybridized carbons (Fsp3) is 0.628. The summed E-state index contributed by atoms with van der Waals surface area (Å²) in [7, 11) is 0. The van der Waals surface area contributed by atoms with Gasteiger partial charge in [0, 0.05) is 39.3 Å². The van der Waals surface area contributed by atoms with E-state index in [1.165, 1.54) is 22.7 Å². The summed E-state index contributed by atoms with van der Waals surface area (Å²) in [5, 5.41) is 20.5. The molecule has 2 fully saturated rings. The standard InChI is InChI=1S/C23H34ClN5O4S.C19H25ClN4O5S.CH4/c1-6-28(7-2)21-27-26-20(32-21)16(25-19(30)17-8-9-18(24)34-17)14-15-10-12-29(13-11-15)22(31)33-23(3,4)5;1-19(2,3)29-18(27)24-8-6-11(7-9-24)10-12(16-22-23-17(26)28-16)21-15(25)13-4-5-14(20)30-13;/h8-9,15-16H,6-7,10-14H2,1-5H3,(H,25,30);4-5,11-12H,6-10H2,1-3H3,(H,21,25)(H,23,26);1H4. The second-order valence-corrected chi connectivity index (χ2v) is 21.0. The molecule has 65 heavy (non-hydrogen) atoms. The fourth-order valence-electron chi connectivity index (χ4n) is 7.18. The first-order chi connectivity index (χ1) is 30.2. The van der Waals surface area contributed by atoms with Gasteiger partial charge in [0.25, 0.3) is 11.8 Å². The summed E-state index contributed by atoms with van der Waals surface area (Å²) >= 11 is 14.3. The minimum Gasteiger partial charge on any atom is -0.444 e. The number of thiophene rings is 2. The van der Waals surface area contributed by atoms with Crippen molar-refractivity contribution in [2.45, 2.75) is 125 Å². The van der Waals surface area contributed by atoms with Crippen LogP contribution in [0, 0.1) is 11.8 Å². The lowest BCUT2D eigenvalue weighted by atomic mass is 9.90. The molecule has 0 bridgehead atoms. The van der Waals surface area contributed by atoms with Gasteiger partial charge in [0.1, 0.15) is 23.3 Å². The molecule has 0 radical (unpaired) electrons.